The van der Waals surface area contributed by atoms with Crippen LogP contribution in [0.5, 0.6) is 0 Å². The Hall–Kier alpha value is -0.910. The topological polar surface area (TPSA) is 78.4 Å². The average Bonchev–Trinajstić information content (AvgIpc) is 2.36. The molecule has 0 saturated heterocycles. The monoisotopic (exact) mass is 288 g/mol. The minimum absolute atomic E-state index is 0.0476. The number of carboxylic acid groups (broad SMARTS) is 1. The lowest BCUT2D eigenvalue weighted by atomic mass is 9.95. The van der Waals surface area contributed by atoms with E-state index in [9.17, 15) is 9.59 Å². The van der Waals surface area contributed by atoms with E-state index in [2.05, 4.69) is 16.9 Å². The van der Waals surface area contributed by atoms with Crippen molar-refractivity contribution < 1.29 is 14.7 Å². The number of aliphatic carboxylic acids is 1. The quantitative estimate of drug-likeness (QED) is 0.699. The van der Waals surface area contributed by atoms with Crippen molar-refractivity contribution in [2.24, 2.45) is 5.92 Å². The maximum Gasteiger partial charge on any atom is 0.315 e. The van der Waals surface area contributed by atoms with E-state index >= 15 is 0 Å². The molecule has 0 aromatic heterocycles. The first-order chi connectivity index (χ1) is 9.01. The van der Waals surface area contributed by atoms with E-state index in [1.807, 2.05) is 18.7 Å². The summed E-state index contributed by atoms with van der Waals surface area (Å²) in [5.74, 6) is -0.877. The summed E-state index contributed by atoms with van der Waals surface area (Å²) in [6.45, 7) is 2.22. The predicted octanol–water partition coefficient (Wildman–Crippen LogP) is 2.07. The third-order valence-corrected chi connectivity index (χ3v) is 4.52. The maximum atomic E-state index is 11.7. The number of amides is 2. The highest BCUT2D eigenvalue weighted by molar-refractivity contribution is 7.99. The predicted molar refractivity (Wildman–Crippen MR) is 77.5 cm³/mol. The Morgan fingerprint density at radius 3 is 2.79 bits per heavy atom. The van der Waals surface area contributed by atoms with Crippen molar-refractivity contribution >= 4 is 23.8 Å². The zero-order valence-corrected chi connectivity index (χ0v) is 12.5. The highest BCUT2D eigenvalue weighted by atomic mass is 32.2. The van der Waals surface area contributed by atoms with Crippen LogP contribution in [-0.2, 0) is 4.79 Å². The molecule has 0 heterocycles. The fourth-order valence-corrected chi connectivity index (χ4v) is 3.19. The molecule has 0 aliphatic heterocycles. The molecule has 1 aliphatic carbocycles. The van der Waals surface area contributed by atoms with Crippen LogP contribution in [0.3, 0.4) is 0 Å². The molecule has 1 rings (SSSR count). The summed E-state index contributed by atoms with van der Waals surface area (Å²) in [6.07, 6.45) is 6.65. The largest absolute Gasteiger partial charge is 0.481 e. The van der Waals surface area contributed by atoms with Crippen molar-refractivity contribution in [3.63, 3.8) is 0 Å². The van der Waals surface area contributed by atoms with Crippen molar-refractivity contribution in [3.05, 3.63) is 0 Å². The van der Waals surface area contributed by atoms with E-state index in [-0.39, 0.29) is 24.4 Å². The van der Waals surface area contributed by atoms with Gasteiger partial charge in [-0.1, -0.05) is 13.3 Å². The van der Waals surface area contributed by atoms with Gasteiger partial charge in [-0.15, -0.1) is 0 Å². The average molecular weight is 288 g/mol. The first-order valence-electron chi connectivity index (χ1n) is 6.80. The van der Waals surface area contributed by atoms with E-state index in [0.717, 1.165) is 19.3 Å². The molecule has 3 unspecified atom stereocenters. The molecular weight excluding hydrogens is 264 g/mol. The van der Waals surface area contributed by atoms with Gasteiger partial charge < -0.3 is 15.7 Å². The molecule has 6 heteroatoms. The van der Waals surface area contributed by atoms with Crippen LogP contribution in [0.25, 0.3) is 0 Å². The Bertz CT molecular complexity index is 312. The summed E-state index contributed by atoms with van der Waals surface area (Å²) in [5.41, 5.74) is 0. The summed E-state index contributed by atoms with van der Waals surface area (Å²) in [4.78, 5) is 22.2. The lowest BCUT2D eigenvalue weighted by Crippen LogP contribution is -2.45. The summed E-state index contributed by atoms with van der Waals surface area (Å²) in [7, 11) is 0. The maximum absolute atomic E-state index is 11.7. The summed E-state index contributed by atoms with van der Waals surface area (Å²) in [5, 5.41) is 15.0. The molecule has 1 aliphatic rings. The molecule has 5 nitrogen and oxygen atoms in total. The molecule has 19 heavy (non-hydrogen) atoms. The van der Waals surface area contributed by atoms with Gasteiger partial charge >= 0.3 is 12.0 Å². The molecule has 1 saturated carbocycles. The number of rotatable bonds is 6. The van der Waals surface area contributed by atoms with Gasteiger partial charge in [0.05, 0.1) is 0 Å². The number of thioether (sulfide) groups is 1. The minimum atomic E-state index is -0.829. The van der Waals surface area contributed by atoms with Crippen molar-refractivity contribution in [1.82, 2.24) is 10.6 Å². The zero-order valence-electron chi connectivity index (χ0n) is 11.6. The summed E-state index contributed by atoms with van der Waals surface area (Å²) >= 11 is 1.86. The molecule has 3 atom stereocenters. The van der Waals surface area contributed by atoms with Crippen LogP contribution in [0.4, 0.5) is 4.79 Å². The first-order valence-corrected chi connectivity index (χ1v) is 8.09. The molecule has 2 amide bonds. The highest BCUT2D eigenvalue weighted by Crippen LogP contribution is 2.26. The number of carbonyl (C=O) groups is 2. The second-order valence-electron chi connectivity index (χ2n) is 5.28. The van der Waals surface area contributed by atoms with E-state index in [0.29, 0.717) is 11.8 Å². The van der Waals surface area contributed by atoms with E-state index in [1.54, 1.807) is 0 Å². The van der Waals surface area contributed by atoms with Gasteiger partial charge in [0.1, 0.15) is 0 Å². The third kappa shape index (κ3) is 6.71. The fourth-order valence-electron chi connectivity index (χ4n) is 2.36. The number of hydrogen-bond acceptors (Lipinski definition) is 3. The number of carboxylic acids is 1. The molecule has 0 spiro atoms. The van der Waals surface area contributed by atoms with Crippen LogP contribution in [0.15, 0.2) is 0 Å². The Labute approximate surface area is 118 Å². The van der Waals surface area contributed by atoms with Gasteiger partial charge in [0, 0.05) is 24.3 Å². The Morgan fingerprint density at radius 1 is 1.42 bits per heavy atom. The molecule has 3 N–H and O–H groups in total. The molecule has 0 aromatic rings. The number of urea groups is 1. The van der Waals surface area contributed by atoms with Crippen LogP contribution in [0.2, 0.25) is 0 Å². The highest BCUT2D eigenvalue weighted by Gasteiger charge is 2.22. The van der Waals surface area contributed by atoms with Crippen LogP contribution in [-0.4, -0.2) is 41.2 Å². The lowest BCUT2D eigenvalue weighted by molar-refractivity contribution is -0.137. The molecule has 0 radical (unpaired) electrons. The van der Waals surface area contributed by atoms with Crippen molar-refractivity contribution in [2.45, 2.75) is 50.3 Å². The van der Waals surface area contributed by atoms with Crippen LogP contribution in [0, 0.1) is 5.92 Å². The second-order valence-corrected chi connectivity index (χ2v) is 6.42. The number of hydrogen-bond donors (Lipinski definition) is 3. The normalized spacial score (nSPS) is 24.5. The summed E-state index contributed by atoms with van der Waals surface area (Å²) < 4.78 is 0. The number of nitrogens with one attached hydrogen (secondary N) is 2. The van der Waals surface area contributed by atoms with Crippen molar-refractivity contribution in [3.8, 4) is 0 Å². The van der Waals surface area contributed by atoms with Gasteiger partial charge in [0.25, 0.3) is 0 Å². The van der Waals surface area contributed by atoms with E-state index in [4.69, 9.17) is 5.11 Å². The Morgan fingerprint density at radius 2 is 2.16 bits per heavy atom. The zero-order chi connectivity index (χ0) is 14.3. The van der Waals surface area contributed by atoms with Crippen LogP contribution < -0.4 is 10.6 Å². The lowest BCUT2D eigenvalue weighted by Gasteiger charge is -2.28. The Balaban J connectivity index is 2.21. The van der Waals surface area contributed by atoms with Gasteiger partial charge in [-0.25, -0.2) is 4.79 Å². The molecule has 0 aromatic carbocycles. The molecule has 0 bridgehead atoms. The standard InChI is InChI=1S/C13H24N2O3S/c1-9(6-12(16)17)8-14-13(18)15-10-4-3-5-11(7-10)19-2/h9-11H,3-8H2,1-2H3,(H,16,17)(H2,14,15,18). The fraction of sp³-hybridized carbons (Fsp3) is 0.846. The van der Waals surface area contributed by atoms with Crippen LogP contribution >= 0.6 is 11.8 Å². The smallest absolute Gasteiger partial charge is 0.315 e. The van der Waals surface area contributed by atoms with Gasteiger partial charge in [-0.3, -0.25) is 4.79 Å². The first kappa shape index (κ1) is 16.1. The van der Waals surface area contributed by atoms with Gasteiger partial charge in [-0.2, -0.15) is 11.8 Å². The molecule has 110 valence electrons. The SMILES string of the molecule is CSC1CCCC(NC(=O)NCC(C)CC(=O)O)C1. The van der Waals surface area contributed by atoms with Gasteiger partial charge in [0.15, 0.2) is 0 Å². The van der Waals surface area contributed by atoms with Crippen molar-refractivity contribution in [2.75, 3.05) is 12.8 Å². The minimum Gasteiger partial charge on any atom is -0.481 e. The van der Waals surface area contributed by atoms with E-state index < -0.39 is 5.97 Å². The van der Waals surface area contributed by atoms with E-state index in [1.165, 1.54) is 6.42 Å². The molecule has 1 fully saturated rings. The molecular formula is C13H24N2O3S. The summed E-state index contributed by atoms with van der Waals surface area (Å²) in [6, 6.07) is 0.0740. The second kappa shape index (κ2) is 8.30. The van der Waals surface area contributed by atoms with Crippen molar-refractivity contribution in [1.29, 1.82) is 0 Å². The van der Waals surface area contributed by atoms with Crippen LogP contribution in [0.1, 0.15) is 39.0 Å². The number of carbonyl (C=O) groups excluding carboxylic acids is 1. The van der Waals surface area contributed by atoms with Gasteiger partial charge in [-0.05, 0) is 31.4 Å². The van der Waals surface area contributed by atoms with Gasteiger partial charge in [0.2, 0.25) is 0 Å². The Kier molecular flexibility index (Phi) is 7.05. The third-order valence-electron chi connectivity index (χ3n) is 3.43.